The number of hydrogen-bond donors (Lipinski definition) is 1. The zero-order chi connectivity index (χ0) is 19.9. The molecule has 0 unspecified atom stereocenters. The number of rotatable bonds is 6. The normalized spacial score (nSPS) is 14.6. The second-order valence-electron chi connectivity index (χ2n) is 6.93. The third-order valence-corrected chi connectivity index (χ3v) is 4.91. The van der Waals surface area contributed by atoms with E-state index in [0.717, 1.165) is 18.4 Å². The van der Waals surface area contributed by atoms with Gasteiger partial charge in [0.1, 0.15) is 5.75 Å². The summed E-state index contributed by atoms with van der Waals surface area (Å²) in [5.41, 5.74) is 1.09. The highest BCUT2D eigenvalue weighted by Gasteiger charge is 2.27. The van der Waals surface area contributed by atoms with Gasteiger partial charge in [0.05, 0.1) is 6.20 Å². The molecule has 0 aliphatic carbocycles. The first-order valence-electron chi connectivity index (χ1n) is 9.70. The number of pyridine rings is 1. The van der Waals surface area contributed by atoms with Crippen LogP contribution in [0.15, 0.2) is 59.4 Å². The van der Waals surface area contributed by atoms with Crippen molar-refractivity contribution in [1.82, 2.24) is 25.3 Å². The molecule has 4 rings (SSSR count). The van der Waals surface area contributed by atoms with Crippen molar-refractivity contribution in [3.63, 3.8) is 0 Å². The summed E-state index contributed by atoms with van der Waals surface area (Å²) in [7, 11) is 0. The number of aromatic nitrogens is 3. The number of amides is 2. The van der Waals surface area contributed by atoms with Crippen molar-refractivity contribution in [2.24, 2.45) is 0 Å². The number of hydrogen-bond acceptors (Lipinski definition) is 6. The Hall–Kier alpha value is -3.42. The SMILES string of the molecule is O=C(NCc1ccccc1)N1CCC(c2noc(COc3cccnc3)n2)CC1. The summed E-state index contributed by atoms with van der Waals surface area (Å²) in [6.45, 7) is 2.08. The molecule has 2 amide bonds. The van der Waals surface area contributed by atoms with Crippen LogP contribution in [0.25, 0.3) is 0 Å². The number of nitrogens with zero attached hydrogens (tertiary/aromatic N) is 4. The van der Waals surface area contributed by atoms with Gasteiger partial charge in [-0.3, -0.25) is 4.98 Å². The highest BCUT2D eigenvalue weighted by atomic mass is 16.5. The third kappa shape index (κ3) is 5.10. The Morgan fingerprint density at radius 1 is 1.17 bits per heavy atom. The van der Waals surface area contributed by atoms with E-state index in [2.05, 4.69) is 20.4 Å². The molecule has 1 aromatic carbocycles. The third-order valence-electron chi connectivity index (χ3n) is 4.91. The fraction of sp³-hybridized carbons (Fsp3) is 0.333. The Morgan fingerprint density at radius 2 is 2.00 bits per heavy atom. The Bertz CT molecular complexity index is 908. The lowest BCUT2D eigenvalue weighted by Gasteiger charge is -2.30. The molecule has 0 bridgehead atoms. The fourth-order valence-corrected chi connectivity index (χ4v) is 3.30. The van der Waals surface area contributed by atoms with Gasteiger partial charge in [-0.15, -0.1) is 0 Å². The van der Waals surface area contributed by atoms with Gasteiger partial charge in [-0.1, -0.05) is 35.5 Å². The van der Waals surface area contributed by atoms with Crippen molar-refractivity contribution in [1.29, 1.82) is 0 Å². The molecule has 1 saturated heterocycles. The summed E-state index contributed by atoms with van der Waals surface area (Å²) < 4.78 is 10.9. The lowest BCUT2D eigenvalue weighted by atomic mass is 9.96. The molecule has 0 radical (unpaired) electrons. The van der Waals surface area contributed by atoms with Crippen LogP contribution in [0.2, 0.25) is 0 Å². The lowest BCUT2D eigenvalue weighted by Crippen LogP contribution is -2.43. The molecule has 0 atom stereocenters. The van der Waals surface area contributed by atoms with Gasteiger partial charge in [0.25, 0.3) is 5.89 Å². The van der Waals surface area contributed by atoms with Crippen LogP contribution in [-0.4, -0.2) is 39.1 Å². The maximum absolute atomic E-state index is 12.4. The summed E-state index contributed by atoms with van der Waals surface area (Å²) in [5.74, 6) is 1.96. The van der Waals surface area contributed by atoms with Crippen LogP contribution in [0.5, 0.6) is 5.75 Å². The molecule has 1 fully saturated rings. The van der Waals surface area contributed by atoms with E-state index in [-0.39, 0.29) is 18.6 Å². The van der Waals surface area contributed by atoms with E-state index in [4.69, 9.17) is 9.26 Å². The largest absolute Gasteiger partial charge is 0.482 e. The summed E-state index contributed by atoms with van der Waals surface area (Å²) in [6.07, 6.45) is 4.93. The molecule has 0 saturated carbocycles. The Kier molecular flexibility index (Phi) is 5.99. The maximum atomic E-state index is 12.4. The monoisotopic (exact) mass is 393 g/mol. The molecule has 2 aromatic heterocycles. The maximum Gasteiger partial charge on any atom is 0.317 e. The van der Waals surface area contributed by atoms with Crippen LogP contribution in [-0.2, 0) is 13.2 Å². The average molecular weight is 393 g/mol. The molecule has 1 aliphatic heterocycles. The number of ether oxygens (including phenoxy) is 1. The highest BCUT2D eigenvalue weighted by Crippen LogP contribution is 2.26. The minimum atomic E-state index is -0.0361. The predicted octanol–water partition coefficient (Wildman–Crippen LogP) is 3.13. The van der Waals surface area contributed by atoms with Gasteiger partial charge in [0, 0.05) is 31.7 Å². The van der Waals surface area contributed by atoms with Crippen LogP contribution >= 0.6 is 0 Å². The smallest absolute Gasteiger partial charge is 0.317 e. The average Bonchev–Trinajstić information content (AvgIpc) is 3.27. The quantitative estimate of drug-likeness (QED) is 0.692. The van der Waals surface area contributed by atoms with Gasteiger partial charge in [-0.2, -0.15) is 4.98 Å². The van der Waals surface area contributed by atoms with Gasteiger partial charge in [0.2, 0.25) is 0 Å². The van der Waals surface area contributed by atoms with E-state index in [0.29, 0.717) is 37.1 Å². The number of nitrogens with one attached hydrogen (secondary N) is 1. The Labute approximate surface area is 168 Å². The number of carbonyl (C=O) groups is 1. The zero-order valence-electron chi connectivity index (χ0n) is 16.0. The van der Waals surface area contributed by atoms with E-state index >= 15 is 0 Å². The summed E-state index contributed by atoms with van der Waals surface area (Å²) >= 11 is 0. The van der Waals surface area contributed by atoms with E-state index in [1.54, 1.807) is 18.5 Å². The molecule has 1 N–H and O–H groups in total. The Balaban J connectivity index is 1.23. The second-order valence-corrected chi connectivity index (χ2v) is 6.93. The van der Waals surface area contributed by atoms with Crippen molar-refractivity contribution in [2.45, 2.75) is 31.9 Å². The Morgan fingerprint density at radius 3 is 2.76 bits per heavy atom. The molecule has 29 heavy (non-hydrogen) atoms. The topological polar surface area (TPSA) is 93.4 Å². The van der Waals surface area contributed by atoms with E-state index < -0.39 is 0 Å². The summed E-state index contributed by atoms with van der Waals surface area (Å²) in [4.78, 5) is 22.7. The molecule has 150 valence electrons. The van der Waals surface area contributed by atoms with Gasteiger partial charge in [-0.25, -0.2) is 4.79 Å². The highest BCUT2D eigenvalue weighted by molar-refractivity contribution is 5.74. The fourth-order valence-electron chi connectivity index (χ4n) is 3.30. The number of piperidine rings is 1. The van der Waals surface area contributed by atoms with Crippen molar-refractivity contribution in [3.8, 4) is 5.75 Å². The molecular weight excluding hydrogens is 370 g/mol. The molecule has 8 nitrogen and oxygen atoms in total. The number of carbonyl (C=O) groups excluding carboxylic acids is 1. The lowest BCUT2D eigenvalue weighted by molar-refractivity contribution is 0.179. The van der Waals surface area contributed by atoms with Crippen molar-refractivity contribution >= 4 is 6.03 Å². The van der Waals surface area contributed by atoms with Crippen LogP contribution in [0.3, 0.4) is 0 Å². The molecule has 3 aromatic rings. The van der Waals surface area contributed by atoms with Gasteiger partial charge in [0.15, 0.2) is 12.4 Å². The zero-order valence-corrected chi connectivity index (χ0v) is 16.0. The minimum absolute atomic E-state index is 0.0361. The minimum Gasteiger partial charge on any atom is -0.482 e. The predicted molar refractivity (Wildman–Crippen MR) is 105 cm³/mol. The molecule has 3 heterocycles. The van der Waals surface area contributed by atoms with Crippen LogP contribution in [0.1, 0.15) is 36.0 Å². The summed E-state index contributed by atoms with van der Waals surface area (Å²) in [5, 5.41) is 7.07. The number of likely N-dealkylation sites (tertiary alicyclic amines) is 1. The first kappa shape index (κ1) is 18.9. The van der Waals surface area contributed by atoms with Crippen molar-refractivity contribution < 1.29 is 14.1 Å². The van der Waals surface area contributed by atoms with Gasteiger partial charge < -0.3 is 19.5 Å². The molecule has 0 spiro atoms. The standard InChI is InChI=1S/C21H23N5O3/c27-21(23-13-16-5-2-1-3-6-16)26-11-8-17(9-12-26)20-24-19(29-25-20)15-28-18-7-4-10-22-14-18/h1-7,10,14,17H,8-9,11-13,15H2,(H,23,27). The molecular formula is C21H23N5O3. The van der Waals surface area contributed by atoms with E-state index in [9.17, 15) is 4.79 Å². The van der Waals surface area contributed by atoms with Crippen LogP contribution in [0.4, 0.5) is 4.79 Å². The molecule has 1 aliphatic rings. The van der Waals surface area contributed by atoms with E-state index in [1.165, 1.54) is 0 Å². The van der Waals surface area contributed by atoms with Gasteiger partial charge >= 0.3 is 6.03 Å². The first-order chi connectivity index (χ1) is 14.3. The van der Waals surface area contributed by atoms with Crippen LogP contribution in [0, 0.1) is 0 Å². The van der Waals surface area contributed by atoms with Crippen molar-refractivity contribution in [3.05, 3.63) is 72.1 Å². The van der Waals surface area contributed by atoms with Gasteiger partial charge in [-0.05, 0) is 30.5 Å². The van der Waals surface area contributed by atoms with Crippen molar-refractivity contribution in [2.75, 3.05) is 13.1 Å². The number of urea groups is 1. The first-order valence-corrected chi connectivity index (χ1v) is 9.70. The van der Waals surface area contributed by atoms with Crippen LogP contribution < -0.4 is 10.1 Å². The van der Waals surface area contributed by atoms with E-state index in [1.807, 2.05) is 41.3 Å². The number of benzene rings is 1. The second kappa shape index (κ2) is 9.18. The molecule has 8 heteroatoms. The summed E-state index contributed by atoms with van der Waals surface area (Å²) in [6, 6.07) is 13.5.